The van der Waals surface area contributed by atoms with Crippen LogP contribution < -0.4 is 0 Å². The molecule has 2 aromatic heterocycles. The number of pyridine rings is 1. The lowest BCUT2D eigenvalue weighted by Crippen LogP contribution is -2.31. The molecule has 0 saturated carbocycles. The van der Waals surface area contributed by atoms with E-state index in [1.165, 1.54) is 5.56 Å². The number of aromatic amines is 1. The molecule has 122 valence electrons. The molecule has 5 nitrogen and oxygen atoms in total. The molecule has 5 heteroatoms. The number of carbonyl (C=O) groups is 1. The minimum absolute atomic E-state index is 0.0197. The Morgan fingerprint density at radius 1 is 1.35 bits per heavy atom. The average Bonchev–Trinajstić information content (AvgIpc) is 3.15. The normalized spacial score (nSPS) is 18.4. The molecule has 0 radical (unpaired) electrons. The van der Waals surface area contributed by atoms with Crippen LogP contribution in [0.3, 0.4) is 0 Å². The van der Waals surface area contributed by atoms with Crippen molar-refractivity contribution >= 4 is 5.91 Å². The number of nitrogens with one attached hydrogen (secondary N) is 1. The van der Waals surface area contributed by atoms with Crippen molar-refractivity contribution in [3.63, 3.8) is 0 Å². The minimum Gasteiger partial charge on any atom is -0.347 e. The maximum absolute atomic E-state index is 12.8. The summed E-state index contributed by atoms with van der Waals surface area (Å²) in [7, 11) is 0. The highest BCUT2D eigenvalue weighted by molar-refractivity contribution is 5.94. The number of H-pyrrole nitrogens is 1. The van der Waals surface area contributed by atoms with E-state index in [4.69, 9.17) is 0 Å². The van der Waals surface area contributed by atoms with Gasteiger partial charge in [0.25, 0.3) is 5.91 Å². The molecule has 1 N–H and O–H groups in total. The zero-order chi connectivity index (χ0) is 16.6. The number of nitrogens with zero attached hydrogens (tertiary/aromatic N) is 3. The van der Waals surface area contributed by atoms with Gasteiger partial charge >= 0.3 is 0 Å². The molecule has 0 bridgehead atoms. The van der Waals surface area contributed by atoms with Crippen molar-refractivity contribution in [1.29, 1.82) is 0 Å². The van der Waals surface area contributed by atoms with Crippen molar-refractivity contribution in [2.45, 2.75) is 45.4 Å². The molecular weight excluding hydrogens is 288 g/mol. The third kappa shape index (κ3) is 3.14. The van der Waals surface area contributed by atoms with Crippen LogP contribution in [0.1, 0.15) is 60.5 Å². The highest BCUT2D eigenvalue weighted by Gasteiger charge is 2.32. The number of rotatable bonds is 2. The van der Waals surface area contributed by atoms with Crippen LogP contribution in [0.5, 0.6) is 0 Å². The van der Waals surface area contributed by atoms with Crippen molar-refractivity contribution in [1.82, 2.24) is 19.9 Å². The number of aromatic nitrogens is 3. The summed E-state index contributed by atoms with van der Waals surface area (Å²) < 4.78 is 0. The molecule has 1 fully saturated rings. The summed E-state index contributed by atoms with van der Waals surface area (Å²) in [5, 5.41) is 0. The largest absolute Gasteiger partial charge is 0.347 e. The Morgan fingerprint density at radius 3 is 2.83 bits per heavy atom. The molecule has 1 atom stereocenters. The van der Waals surface area contributed by atoms with Crippen LogP contribution >= 0.6 is 0 Å². The molecule has 1 aliphatic rings. The molecule has 3 rings (SSSR count). The monoisotopic (exact) mass is 312 g/mol. The Hall–Kier alpha value is -2.17. The highest BCUT2D eigenvalue weighted by atomic mass is 16.2. The van der Waals surface area contributed by atoms with Crippen LogP contribution in [0, 0.1) is 6.92 Å². The third-order valence-electron chi connectivity index (χ3n) is 4.42. The Balaban J connectivity index is 1.77. The zero-order valence-corrected chi connectivity index (χ0v) is 14.3. The lowest BCUT2D eigenvalue weighted by Gasteiger charge is -2.21. The van der Waals surface area contributed by atoms with Gasteiger partial charge in [0, 0.05) is 36.3 Å². The Kier molecular flexibility index (Phi) is 3.96. The summed E-state index contributed by atoms with van der Waals surface area (Å²) in [5.41, 5.74) is 3.62. The fraction of sp³-hybridized carbons (Fsp3) is 0.500. The molecule has 0 aromatic carbocycles. The molecule has 3 heterocycles. The number of amides is 1. The van der Waals surface area contributed by atoms with E-state index in [9.17, 15) is 4.79 Å². The van der Waals surface area contributed by atoms with E-state index in [1.807, 2.05) is 17.2 Å². The van der Waals surface area contributed by atoms with Crippen LogP contribution in [0.25, 0.3) is 0 Å². The van der Waals surface area contributed by atoms with Crippen molar-refractivity contribution in [3.8, 4) is 0 Å². The smallest absolute Gasteiger partial charge is 0.274 e. The van der Waals surface area contributed by atoms with Crippen molar-refractivity contribution < 1.29 is 4.79 Å². The predicted molar refractivity (Wildman–Crippen MR) is 89.5 cm³/mol. The first-order valence-corrected chi connectivity index (χ1v) is 8.12. The molecule has 2 aromatic rings. The molecular formula is C18H24N4O. The fourth-order valence-electron chi connectivity index (χ4n) is 3.15. The Labute approximate surface area is 137 Å². The number of likely N-dealkylation sites (tertiary alicyclic amines) is 1. The first-order chi connectivity index (χ1) is 10.9. The first-order valence-electron chi connectivity index (χ1n) is 8.12. The number of aryl methyl sites for hydroxylation is 1. The number of imidazole rings is 1. The van der Waals surface area contributed by atoms with Crippen LogP contribution in [0.2, 0.25) is 0 Å². The van der Waals surface area contributed by atoms with Gasteiger partial charge in [0.15, 0.2) is 0 Å². The SMILES string of the molecule is Cc1ccnc(C2CCN(C(=O)c3nc[nH]c3C(C)(C)C)C2)c1. The molecule has 23 heavy (non-hydrogen) atoms. The van der Waals surface area contributed by atoms with E-state index >= 15 is 0 Å². The van der Waals surface area contributed by atoms with Crippen LogP contribution in [-0.4, -0.2) is 38.8 Å². The van der Waals surface area contributed by atoms with Gasteiger partial charge in [0.05, 0.1) is 12.0 Å². The van der Waals surface area contributed by atoms with E-state index in [1.54, 1.807) is 6.33 Å². The van der Waals surface area contributed by atoms with E-state index in [0.29, 0.717) is 18.2 Å². The van der Waals surface area contributed by atoms with Crippen molar-refractivity contribution in [2.24, 2.45) is 0 Å². The lowest BCUT2D eigenvalue weighted by molar-refractivity contribution is 0.0782. The van der Waals surface area contributed by atoms with Crippen LogP contribution in [0.4, 0.5) is 0 Å². The first kappa shape index (κ1) is 15.7. The summed E-state index contributed by atoms with van der Waals surface area (Å²) in [5.74, 6) is 0.335. The van der Waals surface area contributed by atoms with Gasteiger partial charge in [0.2, 0.25) is 0 Å². The summed E-state index contributed by atoms with van der Waals surface area (Å²) in [6.07, 6.45) is 4.42. The lowest BCUT2D eigenvalue weighted by atomic mass is 9.90. The van der Waals surface area contributed by atoms with Crippen LogP contribution in [0.15, 0.2) is 24.7 Å². The van der Waals surface area contributed by atoms with Gasteiger partial charge in [0.1, 0.15) is 5.69 Å². The Bertz CT molecular complexity index is 714. The minimum atomic E-state index is -0.126. The van der Waals surface area contributed by atoms with E-state index in [-0.39, 0.29) is 11.3 Å². The van der Waals surface area contributed by atoms with Gasteiger partial charge in [-0.15, -0.1) is 0 Å². The maximum Gasteiger partial charge on any atom is 0.274 e. The van der Waals surface area contributed by atoms with E-state index in [2.05, 4.69) is 48.7 Å². The molecule has 1 aliphatic heterocycles. The standard InChI is InChI=1S/C18H24N4O/c1-12-5-7-19-14(9-12)13-6-8-22(10-13)17(23)15-16(18(2,3)4)21-11-20-15/h5,7,9,11,13H,6,8,10H2,1-4H3,(H,20,21). The number of carbonyl (C=O) groups excluding carboxylic acids is 1. The summed E-state index contributed by atoms with van der Waals surface area (Å²) in [6.45, 7) is 9.80. The van der Waals surface area contributed by atoms with Gasteiger partial charge < -0.3 is 9.88 Å². The van der Waals surface area contributed by atoms with E-state index < -0.39 is 0 Å². The summed E-state index contributed by atoms with van der Waals surface area (Å²) in [6, 6.07) is 4.12. The number of hydrogen-bond acceptors (Lipinski definition) is 3. The predicted octanol–water partition coefficient (Wildman–Crippen LogP) is 3.04. The van der Waals surface area contributed by atoms with Crippen molar-refractivity contribution in [2.75, 3.05) is 13.1 Å². The summed E-state index contributed by atoms with van der Waals surface area (Å²) in [4.78, 5) is 26.6. The second-order valence-corrected chi connectivity index (χ2v) is 7.37. The molecule has 1 unspecified atom stereocenters. The quantitative estimate of drug-likeness (QED) is 0.927. The maximum atomic E-state index is 12.8. The average molecular weight is 312 g/mol. The second kappa shape index (κ2) is 5.80. The third-order valence-corrected chi connectivity index (χ3v) is 4.42. The van der Waals surface area contributed by atoms with Gasteiger partial charge in [-0.1, -0.05) is 20.8 Å². The van der Waals surface area contributed by atoms with E-state index in [0.717, 1.165) is 24.4 Å². The second-order valence-electron chi connectivity index (χ2n) is 7.37. The molecule has 1 saturated heterocycles. The van der Waals surface area contributed by atoms with Gasteiger partial charge in [-0.2, -0.15) is 0 Å². The molecule has 0 spiro atoms. The van der Waals surface area contributed by atoms with Gasteiger partial charge in [-0.05, 0) is 31.0 Å². The Morgan fingerprint density at radius 2 is 2.13 bits per heavy atom. The summed E-state index contributed by atoms with van der Waals surface area (Å²) >= 11 is 0. The van der Waals surface area contributed by atoms with Gasteiger partial charge in [-0.3, -0.25) is 9.78 Å². The van der Waals surface area contributed by atoms with Crippen molar-refractivity contribution in [3.05, 3.63) is 47.3 Å². The molecule has 0 aliphatic carbocycles. The van der Waals surface area contributed by atoms with Gasteiger partial charge in [-0.25, -0.2) is 4.98 Å². The molecule has 1 amide bonds. The topological polar surface area (TPSA) is 61.9 Å². The number of hydrogen-bond donors (Lipinski definition) is 1. The fourth-order valence-corrected chi connectivity index (χ4v) is 3.15. The highest BCUT2D eigenvalue weighted by Crippen LogP contribution is 2.29. The zero-order valence-electron chi connectivity index (χ0n) is 14.3. The van der Waals surface area contributed by atoms with Crippen LogP contribution in [-0.2, 0) is 5.41 Å².